The molecule has 5 nitrogen and oxygen atoms in total. The second-order valence-electron chi connectivity index (χ2n) is 7.32. The van der Waals surface area contributed by atoms with Gasteiger partial charge in [0.25, 0.3) is 0 Å². The van der Waals surface area contributed by atoms with Crippen LogP contribution in [0.15, 0.2) is 35.8 Å². The Morgan fingerprint density at radius 3 is 1.52 bits per heavy atom. The van der Waals surface area contributed by atoms with Crippen LogP contribution in [-0.4, -0.2) is 36.8 Å². The second kappa shape index (κ2) is 9.57. The molecule has 0 amide bonds. The van der Waals surface area contributed by atoms with Crippen LogP contribution in [-0.2, 0) is 18.8 Å². The van der Waals surface area contributed by atoms with Gasteiger partial charge in [0.1, 0.15) is 0 Å². The third-order valence-electron chi connectivity index (χ3n) is 3.14. The average molecular weight is 459 g/mol. The topological polar surface area (TPSA) is 61.8 Å². The monoisotopic (exact) mass is 460 g/mol. The fourth-order valence-electron chi connectivity index (χ4n) is 2.14. The van der Waals surface area contributed by atoms with Gasteiger partial charge in [-0.05, 0) is 0 Å². The van der Waals surface area contributed by atoms with Crippen molar-refractivity contribution in [1.29, 1.82) is 0 Å². The van der Waals surface area contributed by atoms with E-state index >= 15 is 0 Å². The van der Waals surface area contributed by atoms with Gasteiger partial charge < -0.3 is 0 Å². The molecule has 0 aliphatic heterocycles. The quantitative estimate of drug-likeness (QED) is 0.216. The summed E-state index contributed by atoms with van der Waals surface area (Å²) in [6.07, 6.45) is 2.83. The van der Waals surface area contributed by atoms with E-state index in [0.29, 0.717) is 11.5 Å². The number of hydrogen-bond acceptors (Lipinski definition) is 5. The molecule has 0 N–H and O–H groups in total. The zero-order valence-corrected chi connectivity index (χ0v) is 19.8. The summed E-state index contributed by atoms with van der Waals surface area (Å²) in [6, 6.07) is 0. The van der Waals surface area contributed by atoms with Crippen LogP contribution in [0.25, 0.3) is 0 Å². The average Bonchev–Trinajstić information content (AvgIpc) is 2.32. The molecule has 0 saturated carbocycles. The second-order valence-corrected chi connectivity index (χ2v) is 15.0. The first kappa shape index (κ1) is 23.9. The van der Waals surface area contributed by atoms with E-state index in [2.05, 4.69) is 6.58 Å². The van der Waals surface area contributed by atoms with Crippen molar-refractivity contribution in [2.45, 2.75) is 71.8 Å². The molecule has 0 aromatic carbocycles. The molecule has 0 spiro atoms. The van der Waals surface area contributed by atoms with Crippen LogP contribution in [0, 0.1) is 0 Å². The summed E-state index contributed by atoms with van der Waals surface area (Å²) in [5.74, 6) is 0.646. The van der Waals surface area contributed by atoms with Gasteiger partial charge in [-0.15, -0.1) is 0 Å². The van der Waals surface area contributed by atoms with Gasteiger partial charge in [0.15, 0.2) is 0 Å². The maximum absolute atomic E-state index is 11.4. The predicted octanol–water partition coefficient (Wildman–Crippen LogP) is 4.73. The van der Waals surface area contributed by atoms with Crippen molar-refractivity contribution in [1.82, 2.24) is 0 Å². The fourth-order valence-corrected chi connectivity index (χ4v) is 11.1. The molecule has 0 aromatic heterocycles. The molecule has 0 aromatic rings. The number of rotatable bonds is 9. The number of carbonyl (C=O) groups excluding carboxylic acids is 2. The first-order valence-corrected chi connectivity index (χ1v) is 13.4. The molecule has 0 aliphatic rings. The fraction of sp³-hybridized carbons (Fsp3) is 0.579. The van der Waals surface area contributed by atoms with Crippen molar-refractivity contribution in [2.75, 3.05) is 0 Å². The summed E-state index contributed by atoms with van der Waals surface area (Å²) < 4.78 is 18.6. The number of ketones is 2. The molecular formula is C19H32O5Sn. The summed E-state index contributed by atoms with van der Waals surface area (Å²) in [4.78, 5) is 22.8. The van der Waals surface area contributed by atoms with Crippen molar-refractivity contribution in [3.8, 4) is 0 Å². The van der Waals surface area contributed by atoms with Gasteiger partial charge in [-0.1, -0.05) is 0 Å². The Hall–Kier alpha value is -1.08. The van der Waals surface area contributed by atoms with E-state index in [0.717, 1.165) is 5.57 Å². The van der Waals surface area contributed by atoms with Crippen molar-refractivity contribution in [2.24, 2.45) is 0 Å². The minimum absolute atomic E-state index is 0.118. The summed E-state index contributed by atoms with van der Waals surface area (Å²) >= 11 is -4.34. The normalized spacial score (nSPS) is 14.8. The molecule has 0 bridgehead atoms. The van der Waals surface area contributed by atoms with Gasteiger partial charge in [0.2, 0.25) is 0 Å². The van der Waals surface area contributed by atoms with Gasteiger partial charge in [-0.25, -0.2) is 0 Å². The molecule has 1 unspecified atom stereocenters. The molecule has 0 rings (SSSR count). The molecule has 0 saturated heterocycles. The van der Waals surface area contributed by atoms with Crippen LogP contribution in [0.5, 0.6) is 0 Å². The van der Waals surface area contributed by atoms with E-state index in [-0.39, 0.29) is 15.5 Å². The van der Waals surface area contributed by atoms with Gasteiger partial charge >= 0.3 is 158 Å². The van der Waals surface area contributed by atoms with Gasteiger partial charge in [0, 0.05) is 0 Å². The van der Waals surface area contributed by atoms with E-state index in [1.54, 1.807) is 13.8 Å². The van der Waals surface area contributed by atoms with E-state index in [4.69, 9.17) is 9.22 Å². The van der Waals surface area contributed by atoms with Crippen LogP contribution >= 0.6 is 0 Å². The molecule has 0 heterocycles. The van der Waals surface area contributed by atoms with Gasteiger partial charge in [-0.3, -0.25) is 0 Å². The van der Waals surface area contributed by atoms with E-state index in [1.807, 2.05) is 34.6 Å². The Balaban J connectivity index is 6.17. The molecule has 0 radical (unpaired) electrons. The van der Waals surface area contributed by atoms with Crippen LogP contribution in [0.1, 0.15) is 62.3 Å². The molecule has 1 atom stereocenters. The van der Waals surface area contributed by atoms with Crippen LogP contribution < -0.4 is 0 Å². The van der Waals surface area contributed by atoms with Gasteiger partial charge in [0.05, 0.1) is 0 Å². The SMILES string of the molecule is C=C(C)[CH](C)[Sn]([O]/C(C)=C\C(C)=O)([O]/C(C)=C\C(C)=O)[O]C(C)(C)C. The Labute approximate surface area is 157 Å². The van der Waals surface area contributed by atoms with Crippen LogP contribution in [0.2, 0.25) is 3.93 Å². The molecule has 0 fully saturated rings. The van der Waals surface area contributed by atoms with Crippen LogP contribution in [0.3, 0.4) is 0 Å². The molecular weight excluding hydrogens is 427 g/mol. The Morgan fingerprint density at radius 2 is 1.28 bits per heavy atom. The number of allylic oxidation sites excluding steroid dienone is 5. The van der Waals surface area contributed by atoms with E-state index in [1.165, 1.54) is 26.0 Å². The van der Waals surface area contributed by atoms with Crippen molar-refractivity contribution >= 4 is 31.2 Å². The van der Waals surface area contributed by atoms with E-state index in [9.17, 15) is 9.59 Å². The summed E-state index contributed by atoms with van der Waals surface area (Å²) in [6.45, 7) is 20.0. The summed E-state index contributed by atoms with van der Waals surface area (Å²) in [7, 11) is 0. The van der Waals surface area contributed by atoms with E-state index < -0.39 is 25.2 Å². The van der Waals surface area contributed by atoms with Crippen molar-refractivity contribution < 1.29 is 18.8 Å². The third kappa shape index (κ3) is 9.25. The standard InChI is InChI=1S/2C5H8O2.C5H9.C4H9O.Sn/c2*1-4(6)3-5(2)7;1-4-5(2)3;1-4(2,3)5;/h2*3,6H,1-2H3;4H,2H2,1,3H3;1-3H3;/q;;;-1;+3/p-2/b2*4-3-;;;. The number of hydrogen-bond donors (Lipinski definition) is 0. The van der Waals surface area contributed by atoms with Gasteiger partial charge in [-0.2, -0.15) is 0 Å². The molecule has 6 heteroatoms. The predicted molar refractivity (Wildman–Crippen MR) is 102 cm³/mol. The minimum atomic E-state index is -4.34. The molecule has 142 valence electrons. The summed E-state index contributed by atoms with van der Waals surface area (Å²) in [5.41, 5.74) is 0.346. The zero-order valence-electron chi connectivity index (χ0n) is 17.0. The Bertz CT molecular complexity index is 549. The maximum atomic E-state index is 11.4. The summed E-state index contributed by atoms with van der Waals surface area (Å²) in [5, 5.41) is 0. The third-order valence-corrected chi connectivity index (χ3v) is 13.6. The van der Waals surface area contributed by atoms with Crippen molar-refractivity contribution in [3.63, 3.8) is 0 Å². The van der Waals surface area contributed by atoms with Crippen molar-refractivity contribution in [3.05, 3.63) is 35.8 Å². The van der Waals surface area contributed by atoms with Crippen LogP contribution in [0.4, 0.5) is 0 Å². The number of carbonyl (C=O) groups is 2. The first-order valence-electron chi connectivity index (χ1n) is 8.30. The zero-order chi connectivity index (χ0) is 20.0. The first-order chi connectivity index (χ1) is 11.2. The Kier molecular flexibility index (Phi) is 9.16. The Morgan fingerprint density at radius 1 is 0.920 bits per heavy atom. The molecule has 0 aliphatic carbocycles. The molecule has 25 heavy (non-hydrogen) atoms.